The number of fused-ring (bicyclic) bond motifs is 1. The first-order valence-corrected chi connectivity index (χ1v) is 9.83. The van der Waals surface area contributed by atoms with Crippen molar-refractivity contribution in [1.82, 2.24) is 4.57 Å². The van der Waals surface area contributed by atoms with E-state index in [2.05, 4.69) is 34.1 Å². The predicted molar refractivity (Wildman–Crippen MR) is 121 cm³/mol. The lowest BCUT2D eigenvalue weighted by molar-refractivity contribution is -0.112. The molecule has 31 heavy (non-hydrogen) atoms. The molecule has 5 heteroatoms. The summed E-state index contributed by atoms with van der Waals surface area (Å²) < 4.78 is 15.9. The molecule has 1 amide bonds. The minimum Gasteiger partial charge on any atom is -0.319 e. The largest absolute Gasteiger partial charge is 0.319 e. The quantitative estimate of drug-likeness (QED) is 0.335. The Kier molecular flexibility index (Phi) is 5.38. The summed E-state index contributed by atoms with van der Waals surface area (Å²) in [7, 11) is 0. The fourth-order valence-electron chi connectivity index (χ4n) is 3.70. The highest BCUT2D eigenvalue weighted by Gasteiger charge is 2.15. The second-order valence-corrected chi connectivity index (χ2v) is 7.30. The molecule has 4 aromatic rings. The predicted octanol–water partition coefficient (Wildman–Crippen LogP) is 5.93. The van der Waals surface area contributed by atoms with Crippen molar-refractivity contribution in [2.24, 2.45) is 0 Å². The minimum absolute atomic E-state index is 0.0373. The Morgan fingerprint density at radius 1 is 1.00 bits per heavy atom. The zero-order chi connectivity index (χ0) is 22.0. The number of nitrogens with zero attached hydrogens (tertiary/aromatic N) is 2. The van der Waals surface area contributed by atoms with Crippen molar-refractivity contribution in [3.05, 3.63) is 101 Å². The molecule has 0 unspecified atom stereocenters. The molecule has 0 radical (unpaired) electrons. The number of anilines is 1. The van der Waals surface area contributed by atoms with Gasteiger partial charge in [-0.2, -0.15) is 5.26 Å². The maximum Gasteiger partial charge on any atom is 0.266 e. The Morgan fingerprint density at radius 2 is 1.71 bits per heavy atom. The number of carbonyl (C=O) groups is 1. The standard InChI is InChI=1S/C26H20FN3O/c1-17-13-21(14-22(16-28)26(31)29-25-10-6-5-9-24(25)27)18(2)30(17)23-12-11-19-7-3-4-8-20(19)15-23/h3-15H,1-2H3,(H,29,31)/b22-14+. The van der Waals surface area contributed by atoms with Crippen LogP contribution in [0.25, 0.3) is 22.5 Å². The van der Waals surface area contributed by atoms with Gasteiger partial charge in [0.05, 0.1) is 5.69 Å². The summed E-state index contributed by atoms with van der Waals surface area (Å²) in [6.45, 7) is 3.92. The monoisotopic (exact) mass is 409 g/mol. The van der Waals surface area contributed by atoms with Crippen molar-refractivity contribution in [3.63, 3.8) is 0 Å². The summed E-state index contributed by atoms with van der Waals surface area (Å²) in [4.78, 5) is 12.5. The van der Waals surface area contributed by atoms with Gasteiger partial charge in [-0.1, -0.05) is 42.5 Å². The number of aromatic nitrogens is 1. The third-order valence-electron chi connectivity index (χ3n) is 5.25. The van der Waals surface area contributed by atoms with Gasteiger partial charge in [-0.15, -0.1) is 0 Å². The van der Waals surface area contributed by atoms with E-state index >= 15 is 0 Å². The normalized spacial score (nSPS) is 11.4. The van der Waals surface area contributed by atoms with Gasteiger partial charge in [-0.25, -0.2) is 4.39 Å². The van der Waals surface area contributed by atoms with Gasteiger partial charge in [-0.05, 0) is 66.6 Å². The summed E-state index contributed by atoms with van der Waals surface area (Å²) in [5.74, 6) is -1.20. The van der Waals surface area contributed by atoms with Crippen molar-refractivity contribution in [2.75, 3.05) is 5.32 Å². The third kappa shape index (κ3) is 3.96. The number of rotatable bonds is 4. The van der Waals surface area contributed by atoms with Crippen LogP contribution in [0.3, 0.4) is 0 Å². The van der Waals surface area contributed by atoms with Crippen molar-refractivity contribution in [2.45, 2.75) is 13.8 Å². The van der Waals surface area contributed by atoms with Gasteiger partial charge >= 0.3 is 0 Å². The van der Waals surface area contributed by atoms with Crippen LogP contribution in [0.15, 0.2) is 78.4 Å². The number of benzene rings is 3. The molecule has 0 fully saturated rings. The van der Waals surface area contributed by atoms with Crippen LogP contribution in [0.1, 0.15) is 17.0 Å². The minimum atomic E-state index is -0.650. The molecule has 4 rings (SSSR count). The molecule has 0 saturated heterocycles. The summed E-state index contributed by atoms with van der Waals surface area (Å²) in [6, 6.07) is 24.1. The summed E-state index contributed by atoms with van der Waals surface area (Å²) in [5.41, 5.74) is 3.58. The molecule has 0 aliphatic rings. The van der Waals surface area contributed by atoms with E-state index in [0.29, 0.717) is 0 Å². The second-order valence-electron chi connectivity index (χ2n) is 7.30. The maximum absolute atomic E-state index is 13.8. The number of nitriles is 1. The molecule has 0 bridgehead atoms. The van der Waals surface area contributed by atoms with Gasteiger partial charge in [-0.3, -0.25) is 4.79 Å². The molecule has 1 N–H and O–H groups in total. The first kappa shape index (κ1) is 20.1. The molecule has 3 aromatic carbocycles. The van der Waals surface area contributed by atoms with Crippen LogP contribution in [0, 0.1) is 31.0 Å². The highest BCUT2D eigenvalue weighted by atomic mass is 19.1. The van der Waals surface area contributed by atoms with Crippen LogP contribution in [0.2, 0.25) is 0 Å². The molecule has 0 atom stereocenters. The number of hydrogen-bond acceptors (Lipinski definition) is 2. The molecule has 0 aliphatic carbocycles. The average molecular weight is 409 g/mol. The topological polar surface area (TPSA) is 57.8 Å². The number of halogens is 1. The van der Waals surface area contributed by atoms with E-state index in [1.165, 1.54) is 24.3 Å². The van der Waals surface area contributed by atoms with Crippen LogP contribution in [-0.4, -0.2) is 10.5 Å². The molecule has 0 spiro atoms. The lowest BCUT2D eigenvalue weighted by Gasteiger charge is -2.11. The van der Waals surface area contributed by atoms with Gasteiger partial charge in [0.25, 0.3) is 5.91 Å². The third-order valence-corrected chi connectivity index (χ3v) is 5.25. The number of hydrogen-bond donors (Lipinski definition) is 1. The Morgan fingerprint density at radius 3 is 2.45 bits per heavy atom. The molecule has 1 heterocycles. The number of aryl methyl sites for hydroxylation is 1. The smallest absolute Gasteiger partial charge is 0.266 e. The van der Waals surface area contributed by atoms with Crippen LogP contribution in [0.4, 0.5) is 10.1 Å². The molecule has 1 aromatic heterocycles. The fourth-order valence-corrected chi connectivity index (χ4v) is 3.70. The number of nitrogens with one attached hydrogen (secondary N) is 1. The van der Waals surface area contributed by atoms with E-state index in [1.54, 1.807) is 6.07 Å². The lowest BCUT2D eigenvalue weighted by Crippen LogP contribution is -2.14. The Balaban J connectivity index is 1.69. The van der Waals surface area contributed by atoms with Gasteiger partial charge in [0.15, 0.2) is 0 Å². The van der Waals surface area contributed by atoms with Crippen molar-refractivity contribution < 1.29 is 9.18 Å². The van der Waals surface area contributed by atoms with E-state index in [-0.39, 0.29) is 11.3 Å². The molecule has 152 valence electrons. The van der Waals surface area contributed by atoms with Crippen LogP contribution >= 0.6 is 0 Å². The zero-order valence-corrected chi connectivity index (χ0v) is 17.2. The molecule has 4 nitrogen and oxygen atoms in total. The Bertz CT molecular complexity index is 1380. The second kappa shape index (κ2) is 8.29. The summed E-state index contributed by atoms with van der Waals surface area (Å²) in [6.07, 6.45) is 1.54. The molecular weight excluding hydrogens is 389 g/mol. The number of para-hydroxylation sites is 1. The Labute approximate surface area is 179 Å². The van der Waals surface area contributed by atoms with Crippen LogP contribution < -0.4 is 5.32 Å². The van der Waals surface area contributed by atoms with Crippen molar-refractivity contribution >= 4 is 28.4 Å². The average Bonchev–Trinajstić information content (AvgIpc) is 3.06. The summed E-state index contributed by atoms with van der Waals surface area (Å²) >= 11 is 0. The van der Waals surface area contributed by atoms with Gasteiger partial charge < -0.3 is 9.88 Å². The first-order valence-electron chi connectivity index (χ1n) is 9.83. The van der Waals surface area contributed by atoms with Gasteiger partial charge in [0.2, 0.25) is 0 Å². The number of carbonyl (C=O) groups excluding carboxylic acids is 1. The Hall–Kier alpha value is -4.17. The van der Waals surface area contributed by atoms with E-state index in [0.717, 1.165) is 33.4 Å². The summed E-state index contributed by atoms with van der Waals surface area (Å²) in [5, 5.41) is 14.3. The first-order chi connectivity index (χ1) is 15.0. The van der Waals surface area contributed by atoms with Gasteiger partial charge in [0.1, 0.15) is 17.5 Å². The lowest BCUT2D eigenvalue weighted by atomic mass is 10.1. The maximum atomic E-state index is 13.8. The van der Waals surface area contributed by atoms with Crippen LogP contribution in [0.5, 0.6) is 0 Å². The van der Waals surface area contributed by atoms with E-state index in [9.17, 15) is 14.4 Å². The molecule has 0 saturated carbocycles. The molecule has 0 aliphatic heterocycles. The van der Waals surface area contributed by atoms with Crippen LogP contribution in [-0.2, 0) is 4.79 Å². The van der Waals surface area contributed by atoms with Gasteiger partial charge in [0, 0.05) is 17.1 Å². The highest BCUT2D eigenvalue weighted by molar-refractivity contribution is 6.09. The number of amides is 1. The van der Waals surface area contributed by atoms with E-state index in [4.69, 9.17) is 0 Å². The highest BCUT2D eigenvalue weighted by Crippen LogP contribution is 2.26. The molecular formula is C26H20FN3O. The fraction of sp³-hybridized carbons (Fsp3) is 0.0769. The van der Waals surface area contributed by atoms with E-state index in [1.807, 2.05) is 44.2 Å². The van der Waals surface area contributed by atoms with E-state index < -0.39 is 11.7 Å². The SMILES string of the molecule is Cc1cc(/C=C(\C#N)C(=O)Nc2ccccc2F)c(C)n1-c1ccc2ccccc2c1. The van der Waals surface area contributed by atoms with Crippen molar-refractivity contribution in [3.8, 4) is 11.8 Å². The van der Waals surface area contributed by atoms with Crippen molar-refractivity contribution in [1.29, 1.82) is 5.26 Å². The zero-order valence-electron chi connectivity index (χ0n) is 17.2.